The van der Waals surface area contributed by atoms with Gasteiger partial charge in [0.05, 0.1) is 19.8 Å². The van der Waals surface area contributed by atoms with Crippen LogP contribution in [-0.4, -0.2) is 75.4 Å². The predicted molar refractivity (Wildman–Crippen MR) is 117 cm³/mol. The van der Waals surface area contributed by atoms with Crippen molar-refractivity contribution in [2.75, 3.05) is 58.4 Å². The van der Waals surface area contributed by atoms with Crippen LogP contribution in [0.15, 0.2) is 23.3 Å². The molecule has 1 aliphatic heterocycles. The monoisotopic (exact) mass is 390 g/mol. The van der Waals surface area contributed by atoms with Gasteiger partial charge >= 0.3 is 0 Å². The molecule has 0 aliphatic carbocycles. The van der Waals surface area contributed by atoms with E-state index in [2.05, 4.69) is 47.4 Å². The van der Waals surface area contributed by atoms with Gasteiger partial charge in [0.2, 0.25) is 0 Å². The summed E-state index contributed by atoms with van der Waals surface area (Å²) in [5.41, 5.74) is 1.12. The number of aliphatic imine (C=N–C) groups is 1. The molecule has 0 aromatic carbocycles. The highest BCUT2D eigenvalue weighted by molar-refractivity contribution is 5.79. The largest absolute Gasteiger partial charge is 0.379 e. The third kappa shape index (κ3) is 7.28. The average Bonchev–Trinajstić information content (AvgIpc) is 2.69. The van der Waals surface area contributed by atoms with Gasteiger partial charge in [-0.25, -0.2) is 9.98 Å². The van der Waals surface area contributed by atoms with E-state index >= 15 is 0 Å². The van der Waals surface area contributed by atoms with Crippen molar-refractivity contribution in [2.45, 2.75) is 39.8 Å². The number of hydrogen-bond donors (Lipinski definition) is 2. The molecule has 158 valence electrons. The Bertz CT molecular complexity index is 598. The highest BCUT2D eigenvalue weighted by Gasteiger charge is 2.22. The van der Waals surface area contributed by atoms with Crippen molar-refractivity contribution in [3.8, 4) is 0 Å². The van der Waals surface area contributed by atoms with Crippen LogP contribution in [0.3, 0.4) is 0 Å². The number of ether oxygens (including phenoxy) is 1. The van der Waals surface area contributed by atoms with Crippen molar-refractivity contribution in [2.24, 2.45) is 10.9 Å². The molecular formula is C21H38N6O. The molecule has 0 spiro atoms. The molecule has 1 aromatic rings. The summed E-state index contributed by atoms with van der Waals surface area (Å²) in [4.78, 5) is 13.9. The highest BCUT2D eigenvalue weighted by Crippen LogP contribution is 2.15. The van der Waals surface area contributed by atoms with E-state index in [1.807, 2.05) is 31.3 Å². The van der Waals surface area contributed by atoms with Gasteiger partial charge < -0.3 is 20.3 Å². The van der Waals surface area contributed by atoms with Crippen molar-refractivity contribution < 1.29 is 4.74 Å². The number of morpholine rings is 1. The fraction of sp³-hybridized carbons (Fsp3) is 0.714. The Labute approximate surface area is 170 Å². The second-order valence-corrected chi connectivity index (χ2v) is 7.89. The molecule has 1 aliphatic rings. The van der Waals surface area contributed by atoms with Crippen molar-refractivity contribution in [1.82, 2.24) is 20.5 Å². The number of nitrogens with one attached hydrogen (secondary N) is 2. The van der Waals surface area contributed by atoms with Crippen LogP contribution in [-0.2, 0) is 11.3 Å². The van der Waals surface area contributed by atoms with E-state index in [1.165, 1.54) is 6.42 Å². The quantitative estimate of drug-likeness (QED) is 0.496. The van der Waals surface area contributed by atoms with Crippen molar-refractivity contribution in [1.29, 1.82) is 0 Å². The topological polar surface area (TPSA) is 65.0 Å². The van der Waals surface area contributed by atoms with E-state index in [0.717, 1.165) is 56.7 Å². The van der Waals surface area contributed by atoms with Crippen LogP contribution in [0.4, 0.5) is 5.82 Å². The summed E-state index contributed by atoms with van der Waals surface area (Å²) >= 11 is 0. The number of hydrogen-bond acceptors (Lipinski definition) is 5. The molecule has 7 heteroatoms. The van der Waals surface area contributed by atoms with Crippen LogP contribution in [0.25, 0.3) is 0 Å². The van der Waals surface area contributed by atoms with Crippen molar-refractivity contribution >= 4 is 11.8 Å². The van der Waals surface area contributed by atoms with Gasteiger partial charge in [-0.15, -0.1) is 0 Å². The number of nitrogens with zero attached hydrogens (tertiary/aromatic N) is 4. The summed E-state index contributed by atoms with van der Waals surface area (Å²) in [6.45, 7) is 12.7. The first kappa shape index (κ1) is 22.4. The molecular weight excluding hydrogens is 352 g/mol. The van der Waals surface area contributed by atoms with Gasteiger partial charge in [-0.2, -0.15) is 0 Å². The lowest BCUT2D eigenvalue weighted by Gasteiger charge is -2.35. The molecule has 1 unspecified atom stereocenters. The Morgan fingerprint density at radius 3 is 2.68 bits per heavy atom. The van der Waals surface area contributed by atoms with Crippen molar-refractivity contribution in [3.05, 3.63) is 23.9 Å². The molecule has 1 saturated heterocycles. The number of guanidine groups is 1. The summed E-state index contributed by atoms with van der Waals surface area (Å²) in [6.07, 6.45) is 2.99. The third-order valence-electron chi connectivity index (χ3n) is 4.85. The Morgan fingerprint density at radius 1 is 1.29 bits per heavy atom. The van der Waals surface area contributed by atoms with Gasteiger partial charge in [-0.1, -0.05) is 19.9 Å². The molecule has 0 saturated carbocycles. The van der Waals surface area contributed by atoms with Gasteiger partial charge in [0, 0.05) is 58.1 Å². The zero-order chi connectivity index (χ0) is 20.4. The van der Waals surface area contributed by atoms with Gasteiger partial charge in [-0.05, 0) is 25.3 Å². The van der Waals surface area contributed by atoms with Crippen LogP contribution in [0, 0.1) is 5.92 Å². The fourth-order valence-electron chi connectivity index (χ4n) is 3.53. The molecule has 28 heavy (non-hydrogen) atoms. The van der Waals surface area contributed by atoms with Gasteiger partial charge in [-0.3, -0.25) is 4.90 Å². The SMILES string of the molecule is CCNC(=NCc1cccnc1N(C)C)NCC(CC(C)C)N1CCOCC1. The smallest absolute Gasteiger partial charge is 0.191 e. The summed E-state index contributed by atoms with van der Waals surface area (Å²) in [5, 5.41) is 6.94. The second-order valence-electron chi connectivity index (χ2n) is 7.89. The molecule has 1 fully saturated rings. The molecule has 1 atom stereocenters. The molecule has 1 aromatic heterocycles. The first-order valence-electron chi connectivity index (χ1n) is 10.5. The van der Waals surface area contributed by atoms with E-state index < -0.39 is 0 Å². The molecule has 0 bridgehead atoms. The molecule has 0 amide bonds. The Morgan fingerprint density at radius 2 is 2.04 bits per heavy atom. The minimum atomic E-state index is 0.489. The minimum absolute atomic E-state index is 0.489. The lowest BCUT2D eigenvalue weighted by Crippen LogP contribution is -2.51. The van der Waals surface area contributed by atoms with Gasteiger partial charge in [0.1, 0.15) is 5.82 Å². The lowest BCUT2D eigenvalue weighted by molar-refractivity contribution is 0.0132. The van der Waals surface area contributed by atoms with E-state index in [9.17, 15) is 0 Å². The number of anilines is 1. The predicted octanol–water partition coefficient (Wildman–Crippen LogP) is 1.95. The average molecular weight is 391 g/mol. The van der Waals surface area contributed by atoms with E-state index in [4.69, 9.17) is 9.73 Å². The number of pyridine rings is 1. The van der Waals surface area contributed by atoms with Crippen LogP contribution in [0.1, 0.15) is 32.8 Å². The normalized spacial score (nSPS) is 16.9. The zero-order valence-corrected chi connectivity index (χ0v) is 18.2. The highest BCUT2D eigenvalue weighted by atomic mass is 16.5. The summed E-state index contributed by atoms with van der Waals surface area (Å²) in [5.74, 6) is 2.48. The second kappa shape index (κ2) is 11.9. The van der Waals surface area contributed by atoms with Gasteiger partial charge in [0.25, 0.3) is 0 Å². The zero-order valence-electron chi connectivity index (χ0n) is 18.2. The summed E-state index contributed by atoms with van der Waals surface area (Å²) < 4.78 is 5.53. The lowest BCUT2D eigenvalue weighted by atomic mass is 10.0. The Hall–Kier alpha value is -1.86. The minimum Gasteiger partial charge on any atom is -0.379 e. The Kier molecular flexibility index (Phi) is 9.50. The van der Waals surface area contributed by atoms with Crippen LogP contribution in [0.2, 0.25) is 0 Å². The molecule has 2 rings (SSSR count). The molecule has 7 nitrogen and oxygen atoms in total. The van der Waals surface area contributed by atoms with Crippen LogP contribution < -0.4 is 15.5 Å². The van der Waals surface area contributed by atoms with Crippen LogP contribution in [0.5, 0.6) is 0 Å². The molecule has 0 radical (unpaired) electrons. The maximum absolute atomic E-state index is 5.53. The molecule has 2 heterocycles. The van der Waals surface area contributed by atoms with E-state index in [-0.39, 0.29) is 0 Å². The number of aromatic nitrogens is 1. The Balaban J connectivity index is 2.02. The third-order valence-corrected chi connectivity index (χ3v) is 4.85. The van der Waals surface area contributed by atoms with Crippen molar-refractivity contribution in [3.63, 3.8) is 0 Å². The number of rotatable bonds is 9. The van der Waals surface area contributed by atoms with E-state index in [1.54, 1.807) is 0 Å². The maximum atomic E-state index is 5.53. The fourth-order valence-corrected chi connectivity index (χ4v) is 3.53. The first-order chi connectivity index (χ1) is 13.5. The maximum Gasteiger partial charge on any atom is 0.191 e. The summed E-state index contributed by atoms with van der Waals surface area (Å²) in [6, 6.07) is 4.54. The van der Waals surface area contributed by atoms with Crippen LogP contribution >= 0.6 is 0 Å². The standard InChI is InChI=1S/C21H38N6O/c1-6-22-21(24-15-18-8-7-9-23-20(18)26(4)5)25-16-19(14-17(2)3)27-10-12-28-13-11-27/h7-9,17,19H,6,10-16H2,1-5H3,(H2,22,24,25). The first-order valence-corrected chi connectivity index (χ1v) is 10.5. The van der Waals surface area contributed by atoms with Gasteiger partial charge in [0.15, 0.2) is 5.96 Å². The van der Waals surface area contributed by atoms with E-state index in [0.29, 0.717) is 18.5 Å². The summed E-state index contributed by atoms with van der Waals surface area (Å²) in [7, 11) is 4.02. The molecule has 2 N–H and O–H groups in total.